The van der Waals surface area contributed by atoms with E-state index in [0.29, 0.717) is 12.6 Å². The van der Waals surface area contributed by atoms with Crippen LogP contribution >= 0.6 is 0 Å². The molecule has 2 rings (SSSR count). The number of carboxylic acid groups (broad SMARTS) is 1. The highest BCUT2D eigenvalue weighted by atomic mass is 16.4. The topological polar surface area (TPSA) is 52.6 Å². The van der Waals surface area contributed by atoms with Gasteiger partial charge in [0.15, 0.2) is 0 Å². The molecule has 98 valence electrons. The fourth-order valence-electron chi connectivity index (χ4n) is 2.39. The Bertz CT molecular complexity index is 394. The van der Waals surface area contributed by atoms with Crippen LogP contribution in [0.15, 0.2) is 30.3 Å². The van der Waals surface area contributed by atoms with Gasteiger partial charge in [-0.05, 0) is 25.3 Å². The fraction of sp³-hybridized carbons (Fsp3) is 0.500. The third-order valence-corrected chi connectivity index (χ3v) is 3.51. The third kappa shape index (κ3) is 3.23. The zero-order valence-electron chi connectivity index (χ0n) is 10.7. The van der Waals surface area contributed by atoms with E-state index in [9.17, 15) is 9.90 Å². The van der Waals surface area contributed by atoms with E-state index in [4.69, 9.17) is 0 Å². The summed E-state index contributed by atoms with van der Waals surface area (Å²) in [7, 11) is 0. The number of benzene rings is 1. The van der Waals surface area contributed by atoms with Gasteiger partial charge in [-0.15, -0.1) is 0 Å². The highest BCUT2D eigenvalue weighted by Gasteiger charge is 2.26. The molecule has 0 bridgehead atoms. The first-order valence-electron chi connectivity index (χ1n) is 6.43. The number of rotatable bonds is 2. The summed E-state index contributed by atoms with van der Waals surface area (Å²) in [4.78, 5) is 12.9. The van der Waals surface area contributed by atoms with Crippen LogP contribution < -0.4 is 5.32 Å². The number of nitrogens with zero attached hydrogens (tertiary/aromatic N) is 1. The molecule has 2 N–H and O–H groups in total. The van der Waals surface area contributed by atoms with Crippen LogP contribution in [0.3, 0.4) is 0 Å². The Morgan fingerprint density at radius 3 is 2.83 bits per heavy atom. The van der Waals surface area contributed by atoms with Crippen LogP contribution in [0.1, 0.15) is 18.9 Å². The number of hydrogen-bond donors (Lipinski definition) is 2. The van der Waals surface area contributed by atoms with Crippen LogP contribution in [0.2, 0.25) is 0 Å². The largest absolute Gasteiger partial charge is 0.465 e. The van der Waals surface area contributed by atoms with Crippen molar-refractivity contribution in [1.29, 1.82) is 0 Å². The van der Waals surface area contributed by atoms with Crippen molar-refractivity contribution in [3.63, 3.8) is 0 Å². The van der Waals surface area contributed by atoms with Crippen LogP contribution in [0.25, 0.3) is 0 Å². The van der Waals surface area contributed by atoms with Gasteiger partial charge in [0.1, 0.15) is 0 Å². The summed E-state index contributed by atoms with van der Waals surface area (Å²) in [5, 5.41) is 12.7. The van der Waals surface area contributed by atoms with Gasteiger partial charge in [-0.25, -0.2) is 4.79 Å². The van der Waals surface area contributed by atoms with Crippen LogP contribution in [-0.4, -0.2) is 41.3 Å². The standard InChI is InChI=1S/C14H20N2O2/c1-11-7-8-16(14(17)18)13(10-15-11)9-12-5-3-2-4-6-12/h2-6,11,13,15H,7-10H2,1H3,(H,17,18). The second-order valence-corrected chi connectivity index (χ2v) is 4.92. The summed E-state index contributed by atoms with van der Waals surface area (Å²) < 4.78 is 0. The molecular weight excluding hydrogens is 228 g/mol. The summed E-state index contributed by atoms with van der Waals surface area (Å²) in [6.07, 6.45) is 0.830. The minimum atomic E-state index is -0.813. The van der Waals surface area contributed by atoms with Gasteiger partial charge in [-0.3, -0.25) is 0 Å². The average molecular weight is 248 g/mol. The highest BCUT2D eigenvalue weighted by Crippen LogP contribution is 2.13. The molecular formula is C14H20N2O2. The predicted molar refractivity (Wildman–Crippen MR) is 70.7 cm³/mol. The van der Waals surface area contributed by atoms with Gasteiger partial charge in [0.2, 0.25) is 0 Å². The Morgan fingerprint density at radius 2 is 2.17 bits per heavy atom. The summed E-state index contributed by atoms with van der Waals surface area (Å²) in [6, 6.07) is 10.5. The molecule has 0 spiro atoms. The summed E-state index contributed by atoms with van der Waals surface area (Å²) in [5.74, 6) is 0. The normalized spacial score (nSPS) is 24.6. The molecule has 0 aromatic heterocycles. The van der Waals surface area contributed by atoms with Crippen molar-refractivity contribution in [1.82, 2.24) is 10.2 Å². The van der Waals surface area contributed by atoms with Crippen molar-refractivity contribution in [2.24, 2.45) is 0 Å². The molecule has 0 aliphatic carbocycles. The lowest BCUT2D eigenvalue weighted by molar-refractivity contribution is 0.128. The van der Waals surface area contributed by atoms with Crippen molar-refractivity contribution in [3.8, 4) is 0 Å². The Hall–Kier alpha value is -1.55. The van der Waals surface area contributed by atoms with E-state index in [1.807, 2.05) is 30.3 Å². The Kier molecular flexibility index (Phi) is 4.20. The molecule has 2 unspecified atom stereocenters. The van der Waals surface area contributed by atoms with E-state index in [-0.39, 0.29) is 6.04 Å². The third-order valence-electron chi connectivity index (χ3n) is 3.51. The van der Waals surface area contributed by atoms with Gasteiger partial charge in [0, 0.05) is 19.1 Å². The molecule has 1 aliphatic rings. The van der Waals surface area contributed by atoms with Crippen LogP contribution in [-0.2, 0) is 6.42 Å². The maximum absolute atomic E-state index is 11.3. The summed E-state index contributed by atoms with van der Waals surface area (Å²) in [5.41, 5.74) is 1.19. The first-order valence-corrected chi connectivity index (χ1v) is 6.43. The molecule has 1 aliphatic heterocycles. The lowest BCUT2D eigenvalue weighted by atomic mass is 10.1. The summed E-state index contributed by atoms with van der Waals surface area (Å²) in [6.45, 7) is 3.44. The van der Waals surface area contributed by atoms with Gasteiger partial charge in [-0.1, -0.05) is 30.3 Å². The zero-order valence-corrected chi connectivity index (χ0v) is 10.7. The highest BCUT2D eigenvalue weighted by molar-refractivity contribution is 5.65. The van der Waals surface area contributed by atoms with Crippen LogP contribution in [0, 0.1) is 0 Å². The van der Waals surface area contributed by atoms with E-state index in [2.05, 4.69) is 12.2 Å². The van der Waals surface area contributed by atoms with Crippen LogP contribution in [0.4, 0.5) is 4.79 Å². The first kappa shape index (κ1) is 12.9. The maximum Gasteiger partial charge on any atom is 0.407 e. The molecule has 0 saturated carbocycles. The van der Waals surface area contributed by atoms with Crippen molar-refractivity contribution in [2.75, 3.05) is 13.1 Å². The predicted octanol–water partition coefficient (Wildman–Crippen LogP) is 1.96. The molecule has 4 heteroatoms. The van der Waals surface area contributed by atoms with Gasteiger partial charge < -0.3 is 15.3 Å². The molecule has 4 nitrogen and oxygen atoms in total. The average Bonchev–Trinajstić information content (AvgIpc) is 2.53. The van der Waals surface area contributed by atoms with E-state index >= 15 is 0 Å². The maximum atomic E-state index is 11.3. The minimum Gasteiger partial charge on any atom is -0.465 e. The van der Waals surface area contributed by atoms with Crippen LogP contribution in [0.5, 0.6) is 0 Å². The first-order chi connectivity index (χ1) is 8.66. The van der Waals surface area contributed by atoms with E-state index in [1.54, 1.807) is 4.90 Å². The molecule has 0 radical (unpaired) electrons. The van der Waals surface area contributed by atoms with Gasteiger partial charge in [-0.2, -0.15) is 0 Å². The molecule has 1 fully saturated rings. The lowest BCUT2D eigenvalue weighted by Gasteiger charge is -2.27. The SMILES string of the molecule is CC1CCN(C(=O)O)C(Cc2ccccc2)CN1. The molecule has 1 aromatic rings. The lowest BCUT2D eigenvalue weighted by Crippen LogP contribution is -2.44. The second-order valence-electron chi connectivity index (χ2n) is 4.92. The molecule has 18 heavy (non-hydrogen) atoms. The Labute approximate surface area is 108 Å². The Balaban J connectivity index is 2.09. The smallest absolute Gasteiger partial charge is 0.407 e. The summed E-state index contributed by atoms with van der Waals surface area (Å²) >= 11 is 0. The molecule has 1 amide bonds. The van der Waals surface area contributed by atoms with E-state index < -0.39 is 6.09 Å². The second kappa shape index (κ2) is 5.87. The monoisotopic (exact) mass is 248 g/mol. The number of carbonyl (C=O) groups is 1. The van der Waals surface area contributed by atoms with E-state index in [1.165, 1.54) is 5.56 Å². The van der Waals surface area contributed by atoms with E-state index in [0.717, 1.165) is 19.4 Å². The molecule has 1 saturated heterocycles. The Morgan fingerprint density at radius 1 is 1.44 bits per heavy atom. The molecule has 2 atom stereocenters. The zero-order chi connectivity index (χ0) is 13.0. The molecule has 1 heterocycles. The van der Waals surface area contributed by atoms with Crippen molar-refractivity contribution >= 4 is 6.09 Å². The van der Waals surface area contributed by atoms with Gasteiger partial charge in [0.25, 0.3) is 0 Å². The number of hydrogen-bond acceptors (Lipinski definition) is 2. The molecule has 1 aromatic carbocycles. The van der Waals surface area contributed by atoms with Crippen molar-refractivity contribution in [3.05, 3.63) is 35.9 Å². The van der Waals surface area contributed by atoms with Gasteiger partial charge in [0.05, 0.1) is 6.04 Å². The quantitative estimate of drug-likeness (QED) is 0.841. The van der Waals surface area contributed by atoms with Crippen molar-refractivity contribution in [2.45, 2.75) is 31.8 Å². The van der Waals surface area contributed by atoms with Gasteiger partial charge >= 0.3 is 6.09 Å². The number of amides is 1. The van der Waals surface area contributed by atoms with Crippen molar-refractivity contribution < 1.29 is 9.90 Å². The minimum absolute atomic E-state index is 0.0230. The fourth-order valence-corrected chi connectivity index (χ4v) is 2.39. The number of nitrogens with one attached hydrogen (secondary N) is 1.